The van der Waals surface area contributed by atoms with Crippen molar-refractivity contribution < 1.29 is 4.42 Å². The second-order valence-electron chi connectivity index (χ2n) is 8.21. The molecule has 5 rings (SSSR count). The molecule has 30 heavy (non-hydrogen) atoms. The maximum Gasteiger partial charge on any atom is 0.345 e. The normalized spacial score (nSPS) is 15.4. The summed E-state index contributed by atoms with van der Waals surface area (Å²) < 4.78 is 7.74. The molecule has 1 aliphatic heterocycles. The summed E-state index contributed by atoms with van der Waals surface area (Å²) in [6.07, 6.45) is 4.84. The molecule has 4 aromatic rings. The van der Waals surface area contributed by atoms with Crippen molar-refractivity contribution in [2.75, 3.05) is 38.1 Å². The molecule has 3 aromatic heterocycles. The summed E-state index contributed by atoms with van der Waals surface area (Å²) in [5.74, 6) is 0. The van der Waals surface area contributed by atoms with Crippen molar-refractivity contribution in [1.29, 1.82) is 0 Å². The third kappa shape index (κ3) is 3.27. The van der Waals surface area contributed by atoms with E-state index >= 15 is 0 Å². The number of hydrogen-bond donors (Lipinski definition) is 0. The second kappa shape index (κ2) is 7.29. The number of likely N-dealkylation sites (N-methyl/N-ethyl adjacent to an activating group) is 1. The van der Waals surface area contributed by atoms with Gasteiger partial charge in [0, 0.05) is 55.7 Å². The van der Waals surface area contributed by atoms with E-state index in [2.05, 4.69) is 42.8 Å². The summed E-state index contributed by atoms with van der Waals surface area (Å²) >= 11 is 0. The van der Waals surface area contributed by atoms with E-state index in [1.165, 1.54) is 11.1 Å². The van der Waals surface area contributed by atoms with Crippen LogP contribution in [-0.2, 0) is 6.42 Å². The van der Waals surface area contributed by atoms with E-state index in [4.69, 9.17) is 9.40 Å². The molecular formula is C24H26N4O2. The Morgan fingerprint density at radius 2 is 1.87 bits per heavy atom. The number of fused-ring (bicyclic) bond motifs is 2. The Balaban J connectivity index is 1.56. The number of aromatic nitrogens is 2. The SMILES string of the molecule is CCc1cc(C)cn2cc(-c3cc4ccc(N5CCN(C)CC5)cc4oc3=O)nc12. The van der Waals surface area contributed by atoms with Crippen molar-refractivity contribution in [1.82, 2.24) is 14.3 Å². The first-order chi connectivity index (χ1) is 14.5. The van der Waals surface area contributed by atoms with E-state index in [-0.39, 0.29) is 5.63 Å². The van der Waals surface area contributed by atoms with Crippen LogP contribution in [0.4, 0.5) is 5.69 Å². The topological polar surface area (TPSA) is 54.0 Å². The van der Waals surface area contributed by atoms with E-state index in [1.54, 1.807) is 0 Å². The van der Waals surface area contributed by atoms with Gasteiger partial charge < -0.3 is 18.6 Å². The lowest BCUT2D eigenvalue weighted by Crippen LogP contribution is -2.44. The second-order valence-corrected chi connectivity index (χ2v) is 8.21. The van der Waals surface area contributed by atoms with Crippen molar-refractivity contribution in [3.8, 4) is 11.3 Å². The number of aryl methyl sites for hydroxylation is 2. The molecule has 6 heteroatoms. The van der Waals surface area contributed by atoms with Gasteiger partial charge in [-0.15, -0.1) is 0 Å². The molecular weight excluding hydrogens is 376 g/mol. The highest BCUT2D eigenvalue weighted by Crippen LogP contribution is 2.26. The Bertz CT molecular complexity index is 1300. The van der Waals surface area contributed by atoms with Crippen LogP contribution in [0.15, 0.2) is 51.9 Å². The van der Waals surface area contributed by atoms with Crippen molar-refractivity contribution in [2.45, 2.75) is 20.3 Å². The van der Waals surface area contributed by atoms with Crippen molar-refractivity contribution >= 4 is 22.3 Å². The van der Waals surface area contributed by atoms with Gasteiger partial charge >= 0.3 is 5.63 Å². The smallest absolute Gasteiger partial charge is 0.345 e. The summed E-state index contributed by atoms with van der Waals surface area (Å²) in [6.45, 7) is 8.21. The fourth-order valence-corrected chi connectivity index (χ4v) is 4.26. The van der Waals surface area contributed by atoms with Crippen LogP contribution >= 0.6 is 0 Å². The van der Waals surface area contributed by atoms with Crippen LogP contribution in [0, 0.1) is 6.92 Å². The number of pyridine rings is 1. The fourth-order valence-electron chi connectivity index (χ4n) is 4.26. The van der Waals surface area contributed by atoms with Crippen LogP contribution < -0.4 is 10.5 Å². The molecule has 1 saturated heterocycles. The van der Waals surface area contributed by atoms with E-state index < -0.39 is 0 Å². The predicted molar refractivity (Wildman–Crippen MR) is 120 cm³/mol. The summed E-state index contributed by atoms with van der Waals surface area (Å²) in [4.78, 5) is 22.2. The maximum absolute atomic E-state index is 12.8. The molecule has 1 aliphatic rings. The average molecular weight is 402 g/mol. The third-order valence-corrected chi connectivity index (χ3v) is 6.01. The van der Waals surface area contributed by atoms with E-state index in [0.29, 0.717) is 16.8 Å². The van der Waals surface area contributed by atoms with Crippen LogP contribution in [0.25, 0.3) is 27.9 Å². The third-order valence-electron chi connectivity index (χ3n) is 6.01. The zero-order valence-corrected chi connectivity index (χ0v) is 17.7. The number of anilines is 1. The Kier molecular flexibility index (Phi) is 4.59. The fraction of sp³-hybridized carbons (Fsp3) is 0.333. The highest BCUT2D eigenvalue weighted by atomic mass is 16.4. The first-order valence-corrected chi connectivity index (χ1v) is 10.5. The minimum atomic E-state index is -0.351. The molecule has 4 heterocycles. The Labute approximate surface area is 175 Å². The zero-order valence-electron chi connectivity index (χ0n) is 17.7. The number of nitrogens with zero attached hydrogens (tertiary/aromatic N) is 4. The maximum atomic E-state index is 12.8. The number of hydrogen-bond acceptors (Lipinski definition) is 5. The average Bonchev–Trinajstić information content (AvgIpc) is 3.16. The minimum absolute atomic E-state index is 0.351. The number of benzene rings is 1. The highest BCUT2D eigenvalue weighted by Gasteiger charge is 2.17. The quantitative estimate of drug-likeness (QED) is 0.489. The molecule has 0 bridgehead atoms. The molecule has 0 saturated carbocycles. The van der Waals surface area contributed by atoms with Gasteiger partial charge in [-0.2, -0.15) is 0 Å². The van der Waals surface area contributed by atoms with Crippen LogP contribution in [-0.4, -0.2) is 47.5 Å². The summed E-state index contributed by atoms with van der Waals surface area (Å²) in [7, 11) is 2.14. The van der Waals surface area contributed by atoms with Gasteiger partial charge in [0.15, 0.2) is 0 Å². The minimum Gasteiger partial charge on any atom is -0.422 e. The van der Waals surface area contributed by atoms with Gasteiger partial charge in [-0.25, -0.2) is 9.78 Å². The summed E-state index contributed by atoms with van der Waals surface area (Å²) in [5.41, 5.74) is 5.75. The number of piperazine rings is 1. The summed E-state index contributed by atoms with van der Waals surface area (Å²) in [5, 5.41) is 0.909. The monoisotopic (exact) mass is 402 g/mol. The van der Waals surface area contributed by atoms with Crippen LogP contribution in [0.2, 0.25) is 0 Å². The lowest BCUT2D eigenvalue weighted by molar-refractivity contribution is 0.313. The van der Waals surface area contributed by atoms with Gasteiger partial charge in [0.2, 0.25) is 0 Å². The van der Waals surface area contributed by atoms with E-state index in [1.807, 2.05) is 35.0 Å². The molecule has 0 radical (unpaired) electrons. The van der Waals surface area contributed by atoms with Gasteiger partial charge in [0.05, 0.1) is 11.3 Å². The van der Waals surface area contributed by atoms with Gasteiger partial charge in [0.25, 0.3) is 0 Å². The molecule has 1 aromatic carbocycles. The molecule has 0 N–H and O–H groups in total. The van der Waals surface area contributed by atoms with Gasteiger partial charge in [0.1, 0.15) is 11.2 Å². The first-order valence-electron chi connectivity index (χ1n) is 10.5. The lowest BCUT2D eigenvalue weighted by Gasteiger charge is -2.34. The van der Waals surface area contributed by atoms with Crippen LogP contribution in [0.3, 0.4) is 0 Å². The van der Waals surface area contributed by atoms with E-state index in [0.717, 1.165) is 49.3 Å². The zero-order chi connectivity index (χ0) is 20.8. The highest BCUT2D eigenvalue weighted by molar-refractivity contribution is 5.84. The molecule has 6 nitrogen and oxygen atoms in total. The predicted octanol–water partition coefficient (Wildman–Crippen LogP) is 3.73. The van der Waals surface area contributed by atoms with Crippen molar-refractivity contribution in [3.63, 3.8) is 0 Å². The first kappa shape index (κ1) is 18.9. The Morgan fingerprint density at radius 3 is 2.63 bits per heavy atom. The molecule has 0 atom stereocenters. The lowest BCUT2D eigenvalue weighted by atomic mass is 10.1. The standard InChI is InChI=1S/C24H26N4O2/c1-4-17-11-16(2)14-28-15-21(25-23(17)28)20-12-18-5-6-19(13-22(18)30-24(20)29)27-9-7-26(3)8-10-27/h5-6,11-15H,4,7-10H2,1-3H3. The van der Waals surface area contributed by atoms with E-state index in [9.17, 15) is 4.79 Å². The summed E-state index contributed by atoms with van der Waals surface area (Å²) in [6, 6.07) is 10.2. The number of rotatable bonds is 3. The molecule has 0 unspecified atom stereocenters. The molecule has 1 fully saturated rings. The Morgan fingerprint density at radius 1 is 1.07 bits per heavy atom. The Hall–Kier alpha value is -3.12. The molecule has 0 aliphatic carbocycles. The van der Waals surface area contributed by atoms with Gasteiger partial charge in [-0.1, -0.05) is 13.0 Å². The van der Waals surface area contributed by atoms with Gasteiger partial charge in [-0.05, 0) is 49.7 Å². The molecule has 0 amide bonds. The molecule has 0 spiro atoms. The van der Waals surface area contributed by atoms with Crippen LogP contribution in [0.5, 0.6) is 0 Å². The molecule has 154 valence electrons. The van der Waals surface area contributed by atoms with Crippen LogP contribution in [0.1, 0.15) is 18.1 Å². The van der Waals surface area contributed by atoms with Crippen molar-refractivity contribution in [2.24, 2.45) is 0 Å². The number of imidazole rings is 1. The largest absolute Gasteiger partial charge is 0.422 e. The van der Waals surface area contributed by atoms with Gasteiger partial charge in [-0.3, -0.25) is 0 Å². The van der Waals surface area contributed by atoms with Crippen molar-refractivity contribution in [3.05, 3.63) is 64.3 Å².